The second kappa shape index (κ2) is 4.49. The summed E-state index contributed by atoms with van der Waals surface area (Å²) in [5, 5.41) is 3.43. The highest BCUT2D eigenvalue weighted by molar-refractivity contribution is 9.10. The fraction of sp³-hybridized carbons (Fsp3) is 0.545. The highest BCUT2D eigenvalue weighted by atomic mass is 79.9. The Bertz CT molecular complexity index is 356. The maximum Gasteiger partial charge on any atom is 0.129 e. The van der Waals surface area contributed by atoms with Crippen LogP contribution in [-0.2, 0) is 4.74 Å². The van der Waals surface area contributed by atoms with E-state index >= 15 is 0 Å². The van der Waals surface area contributed by atoms with Crippen molar-refractivity contribution in [2.24, 2.45) is 0 Å². The van der Waals surface area contributed by atoms with Crippen molar-refractivity contribution in [2.45, 2.75) is 32.4 Å². The van der Waals surface area contributed by atoms with Crippen LogP contribution in [0.4, 0.5) is 5.82 Å². The molecule has 1 aliphatic rings. The minimum absolute atomic E-state index is 0.273. The van der Waals surface area contributed by atoms with Crippen LogP contribution in [-0.4, -0.2) is 23.7 Å². The van der Waals surface area contributed by atoms with E-state index in [1.165, 1.54) is 0 Å². The van der Waals surface area contributed by atoms with E-state index < -0.39 is 0 Å². The molecule has 0 aliphatic carbocycles. The van der Waals surface area contributed by atoms with Gasteiger partial charge in [-0.05, 0) is 47.8 Å². The summed E-state index contributed by atoms with van der Waals surface area (Å²) in [5.74, 6) is 0.959. The molecule has 2 atom stereocenters. The Hall–Kier alpha value is -0.610. The second-order valence-corrected chi connectivity index (χ2v) is 4.85. The van der Waals surface area contributed by atoms with Crippen LogP contribution in [0.1, 0.15) is 18.9 Å². The van der Waals surface area contributed by atoms with Crippen molar-refractivity contribution in [3.05, 3.63) is 22.3 Å². The van der Waals surface area contributed by atoms with Crippen LogP contribution in [0.2, 0.25) is 0 Å². The van der Waals surface area contributed by atoms with Gasteiger partial charge in [0.25, 0.3) is 0 Å². The number of ether oxygens (including phenoxy) is 1. The predicted octanol–water partition coefficient (Wildman–Crippen LogP) is 2.74. The summed E-state index contributed by atoms with van der Waals surface area (Å²) < 4.78 is 6.52. The Morgan fingerprint density at radius 1 is 1.60 bits per heavy atom. The molecule has 1 aromatic heterocycles. The second-order valence-electron chi connectivity index (χ2n) is 3.93. The van der Waals surface area contributed by atoms with Gasteiger partial charge in [-0.1, -0.05) is 0 Å². The van der Waals surface area contributed by atoms with Gasteiger partial charge in [0, 0.05) is 17.3 Å². The number of hydrogen-bond acceptors (Lipinski definition) is 3. The van der Waals surface area contributed by atoms with Crippen LogP contribution in [0, 0.1) is 6.92 Å². The molecule has 4 heteroatoms. The number of nitrogens with one attached hydrogen (secondary N) is 1. The summed E-state index contributed by atoms with van der Waals surface area (Å²) >= 11 is 3.41. The minimum Gasteiger partial charge on any atom is -0.376 e. The maximum absolute atomic E-state index is 5.50. The van der Waals surface area contributed by atoms with Crippen LogP contribution in [0.5, 0.6) is 0 Å². The van der Waals surface area contributed by atoms with Crippen LogP contribution in [0.15, 0.2) is 16.7 Å². The molecule has 0 spiro atoms. The number of hydrogen-bond donors (Lipinski definition) is 1. The largest absolute Gasteiger partial charge is 0.376 e. The third-order valence-electron chi connectivity index (χ3n) is 2.74. The maximum atomic E-state index is 5.50. The van der Waals surface area contributed by atoms with Crippen LogP contribution < -0.4 is 5.32 Å². The van der Waals surface area contributed by atoms with Gasteiger partial charge in [0.05, 0.1) is 12.1 Å². The number of pyridine rings is 1. The van der Waals surface area contributed by atoms with Gasteiger partial charge in [-0.15, -0.1) is 0 Å². The molecule has 1 aromatic rings. The number of anilines is 1. The smallest absolute Gasteiger partial charge is 0.129 e. The predicted molar refractivity (Wildman–Crippen MR) is 64.1 cm³/mol. The quantitative estimate of drug-likeness (QED) is 0.898. The molecule has 2 unspecified atom stereocenters. The zero-order valence-electron chi connectivity index (χ0n) is 8.96. The van der Waals surface area contributed by atoms with Gasteiger partial charge in [-0.3, -0.25) is 0 Å². The lowest BCUT2D eigenvalue weighted by Gasteiger charge is -2.17. The summed E-state index contributed by atoms with van der Waals surface area (Å²) in [6.07, 6.45) is 3.14. The van der Waals surface area contributed by atoms with Gasteiger partial charge in [-0.25, -0.2) is 4.98 Å². The van der Waals surface area contributed by atoms with Gasteiger partial charge >= 0.3 is 0 Å². The highest BCUT2D eigenvalue weighted by Gasteiger charge is 2.24. The number of nitrogens with zero attached hydrogens (tertiary/aromatic N) is 1. The van der Waals surface area contributed by atoms with Crippen LogP contribution in [0.3, 0.4) is 0 Å². The molecule has 0 radical (unpaired) electrons. The molecule has 3 nitrogen and oxygen atoms in total. The zero-order chi connectivity index (χ0) is 10.8. The van der Waals surface area contributed by atoms with Crippen molar-refractivity contribution in [1.82, 2.24) is 4.98 Å². The molecule has 0 amide bonds. The molecular formula is C11H15BrN2O. The van der Waals surface area contributed by atoms with E-state index in [0.717, 1.165) is 28.9 Å². The van der Waals surface area contributed by atoms with Crippen molar-refractivity contribution < 1.29 is 4.74 Å². The third kappa shape index (κ3) is 2.49. The van der Waals surface area contributed by atoms with Crippen molar-refractivity contribution in [1.29, 1.82) is 0 Å². The van der Waals surface area contributed by atoms with Crippen LogP contribution in [0.25, 0.3) is 0 Å². The Labute approximate surface area is 98.4 Å². The van der Waals surface area contributed by atoms with Gasteiger partial charge in [0.15, 0.2) is 0 Å². The van der Waals surface area contributed by atoms with Crippen molar-refractivity contribution in [3.8, 4) is 0 Å². The monoisotopic (exact) mass is 270 g/mol. The summed E-state index contributed by atoms with van der Waals surface area (Å²) in [7, 11) is 0. The average molecular weight is 271 g/mol. The average Bonchev–Trinajstić information content (AvgIpc) is 2.57. The number of halogens is 1. The Morgan fingerprint density at radius 3 is 3.00 bits per heavy atom. The Morgan fingerprint density at radius 2 is 2.40 bits per heavy atom. The SMILES string of the molecule is Cc1cc(Br)cnc1NC1CCOC1C. The van der Waals surface area contributed by atoms with Crippen LogP contribution >= 0.6 is 15.9 Å². The van der Waals surface area contributed by atoms with Crippen molar-refractivity contribution >= 4 is 21.7 Å². The van der Waals surface area contributed by atoms with E-state index in [0.29, 0.717) is 6.04 Å². The first-order chi connectivity index (χ1) is 7.16. The van der Waals surface area contributed by atoms with Crippen molar-refractivity contribution in [3.63, 3.8) is 0 Å². The lowest BCUT2D eigenvalue weighted by atomic mass is 10.1. The first-order valence-electron chi connectivity index (χ1n) is 5.17. The number of rotatable bonds is 2. The topological polar surface area (TPSA) is 34.2 Å². The first kappa shape index (κ1) is 10.9. The fourth-order valence-electron chi connectivity index (χ4n) is 1.79. The molecule has 1 fully saturated rings. The van der Waals surface area contributed by atoms with Gasteiger partial charge < -0.3 is 10.1 Å². The Kier molecular flexibility index (Phi) is 3.26. The summed E-state index contributed by atoms with van der Waals surface area (Å²) in [6.45, 7) is 4.99. The number of aromatic nitrogens is 1. The zero-order valence-corrected chi connectivity index (χ0v) is 10.5. The summed E-state index contributed by atoms with van der Waals surface area (Å²) in [5.41, 5.74) is 1.16. The molecule has 1 N–H and O–H groups in total. The van der Waals surface area contributed by atoms with E-state index in [4.69, 9.17) is 4.74 Å². The highest BCUT2D eigenvalue weighted by Crippen LogP contribution is 2.21. The first-order valence-corrected chi connectivity index (χ1v) is 5.96. The Balaban J connectivity index is 2.10. The lowest BCUT2D eigenvalue weighted by molar-refractivity contribution is 0.121. The normalized spacial score (nSPS) is 25.5. The molecule has 1 saturated heterocycles. The number of aryl methyl sites for hydroxylation is 1. The van der Waals surface area contributed by atoms with Crippen molar-refractivity contribution in [2.75, 3.05) is 11.9 Å². The molecular weight excluding hydrogens is 256 g/mol. The molecule has 0 aromatic carbocycles. The summed E-state index contributed by atoms with van der Waals surface area (Å²) in [4.78, 5) is 4.36. The van der Waals surface area contributed by atoms with Gasteiger partial charge in [0.2, 0.25) is 0 Å². The van der Waals surface area contributed by atoms with Gasteiger partial charge in [0.1, 0.15) is 5.82 Å². The van der Waals surface area contributed by atoms with E-state index in [1.54, 1.807) is 0 Å². The third-order valence-corrected chi connectivity index (χ3v) is 3.18. The van der Waals surface area contributed by atoms with E-state index in [-0.39, 0.29) is 6.10 Å². The fourth-order valence-corrected chi connectivity index (χ4v) is 2.23. The molecule has 0 saturated carbocycles. The molecule has 15 heavy (non-hydrogen) atoms. The van der Waals surface area contributed by atoms with E-state index in [9.17, 15) is 0 Å². The minimum atomic E-state index is 0.273. The molecule has 2 heterocycles. The lowest BCUT2D eigenvalue weighted by Crippen LogP contribution is -2.27. The van der Waals surface area contributed by atoms with E-state index in [2.05, 4.69) is 46.1 Å². The molecule has 2 rings (SSSR count). The molecule has 0 bridgehead atoms. The summed E-state index contributed by atoms with van der Waals surface area (Å²) in [6, 6.07) is 2.45. The standard InChI is InChI=1S/C11H15BrN2O/c1-7-5-9(12)6-13-11(7)14-10-3-4-15-8(10)2/h5-6,8,10H,3-4H2,1-2H3,(H,13,14). The van der Waals surface area contributed by atoms with Gasteiger partial charge in [-0.2, -0.15) is 0 Å². The molecule has 82 valence electrons. The van der Waals surface area contributed by atoms with E-state index in [1.807, 2.05) is 6.20 Å². The molecule has 1 aliphatic heterocycles.